The standard InChI is InChI=1S/C9H12Cl2N2O4S2/c1-18(14,15)5-4-13-19(16,17)7-3-2-6(10)9(12)8(7)11/h2-3,13H,4-5,12H2,1H3. The van der Waals surface area contributed by atoms with Crippen LogP contribution in [0.1, 0.15) is 0 Å². The predicted molar refractivity (Wildman–Crippen MR) is 75.8 cm³/mol. The molecule has 0 aliphatic carbocycles. The van der Waals surface area contributed by atoms with Crippen LogP contribution in [0.25, 0.3) is 0 Å². The smallest absolute Gasteiger partial charge is 0.242 e. The Kier molecular flexibility index (Phi) is 5.08. The summed E-state index contributed by atoms with van der Waals surface area (Å²) in [6, 6.07) is 2.50. The van der Waals surface area contributed by atoms with Gasteiger partial charge in [0.05, 0.1) is 21.5 Å². The first-order valence-electron chi connectivity index (χ1n) is 4.95. The van der Waals surface area contributed by atoms with Crippen molar-refractivity contribution in [2.24, 2.45) is 0 Å². The third kappa shape index (κ3) is 4.50. The molecule has 0 spiro atoms. The van der Waals surface area contributed by atoms with Crippen LogP contribution in [0.15, 0.2) is 17.0 Å². The Morgan fingerprint density at radius 1 is 1.21 bits per heavy atom. The molecule has 0 saturated heterocycles. The number of benzene rings is 1. The number of nitrogens with two attached hydrogens (primary N) is 1. The van der Waals surface area contributed by atoms with Gasteiger partial charge in [-0.05, 0) is 12.1 Å². The van der Waals surface area contributed by atoms with E-state index in [1.165, 1.54) is 12.1 Å². The van der Waals surface area contributed by atoms with E-state index >= 15 is 0 Å². The number of nitrogen functional groups attached to an aromatic ring is 1. The highest BCUT2D eigenvalue weighted by Crippen LogP contribution is 2.32. The van der Waals surface area contributed by atoms with Gasteiger partial charge in [-0.2, -0.15) is 0 Å². The van der Waals surface area contributed by atoms with E-state index in [-0.39, 0.29) is 32.9 Å². The Bertz CT molecular complexity index is 686. The van der Waals surface area contributed by atoms with E-state index in [1.54, 1.807) is 0 Å². The molecule has 0 aromatic heterocycles. The largest absolute Gasteiger partial charge is 0.396 e. The Hall–Kier alpha value is -0.540. The Morgan fingerprint density at radius 2 is 1.79 bits per heavy atom. The van der Waals surface area contributed by atoms with Crippen LogP contribution in [0.4, 0.5) is 5.69 Å². The average Bonchev–Trinajstić information content (AvgIpc) is 2.23. The normalized spacial score (nSPS) is 12.6. The minimum atomic E-state index is -3.94. The van der Waals surface area contributed by atoms with Crippen molar-refractivity contribution >= 4 is 48.7 Å². The number of hydrogen-bond acceptors (Lipinski definition) is 5. The second-order valence-electron chi connectivity index (χ2n) is 3.80. The lowest BCUT2D eigenvalue weighted by Crippen LogP contribution is -2.29. The molecule has 0 unspecified atom stereocenters. The molecule has 3 N–H and O–H groups in total. The highest BCUT2D eigenvalue weighted by molar-refractivity contribution is 7.91. The van der Waals surface area contributed by atoms with Gasteiger partial charge in [-0.3, -0.25) is 0 Å². The summed E-state index contributed by atoms with van der Waals surface area (Å²) < 4.78 is 47.8. The molecule has 0 fully saturated rings. The van der Waals surface area contributed by atoms with Gasteiger partial charge in [-0.1, -0.05) is 23.2 Å². The molecule has 0 bridgehead atoms. The molecule has 1 rings (SSSR count). The maximum absolute atomic E-state index is 11.9. The third-order valence-electron chi connectivity index (χ3n) is 2.15. The quantitative estimate of drug-likeness (QED) is 0.770. The first-order chi connectivity index (χ1) is 8.54. The second kappa shape index (κ2) is 5.84. The molecular weight excluding hydrogens is 335 g/mol. The Morgan fingerprint density at radius 3 is 2.32 bits per heavy atom. The van der Waals surface area contributed by atoms with E-state index in [0.717, 1.165) is 6.26 Å². The summed E-state index contributed by atoms with van der Waals surface area (Å²) in [7, 11) is -7.20. The van der Waals surface area contributed by atoms with E-state index in [1.807, 2.05) is 0 Å². The minimum Gasteiger partial charge on any atom is -0.396 e. The van der Waals surface area contributed by atoms with Gasteiger partial charge >= 0.3 is 0 Å². The van der Waals surface area contributed by atoms with E-state index < -0.39 is 19.9 Å². The fourth-order valence-electron chi connectivity index (χ4n) is 1.20. The van der Waals surface area contributed by atoms with E-state index in [9.17, 15) is 16.8 Å². The zero-order chi connectivity index (χ0) is 14.8. The number of hydrogen-bond donors (Lipinski definition) is 2. The van der Waals surface area contributed by atoms with Gasteiger partial charge in [0.1, 0.15) is 14.7 Å². The summed E-state index contributed by atoms with van der Waals surface area (Å²) >= 11 is 11.5. The fraction of sp³-hybridized carbons (Fsp3) is 0.333. The van der Waals surface area contributed by atoms with Gasteiger partial charge in [0.15, 0.2) is 0 Å². The average molecular weight is 347 g/mol. The molecule has 19 heavy (non-hydrogen) atoms. The van der Waals surface area contributed by atoms with Crippen molar-refractivity contribution in [1.29, 1.82) is 0 Å². The summed E-state index contributed by atoms with van der Waals surface area (Å²) in [5.41, 5.74) is 5.48. The van der Waals surface area contributed by atoms with Crippen LogP contribution in [0, 0.1) is 0 Å². The van der Waals surface area contributed by atoms with Crippen LogP contribution in [-0.4, -0.2) is 35.4 Å². The number of anilines is 1. The first-order valence-corrected chi connectivity index (χ1v) is 9.25. The van der Waals surface area contributed by atoms with Gasteiger partial charge in [-0.25, -0.2) is 21.6 Å². The number of sulfonamides is 1. The molecule has 0 saturated carbocycles. The molecule has 1 aromatic rings. The van der Waals surface area contributed by atoms with Gasteiger partial charge < -0.3 is 5.73 Å². The lowest BCUT2D eigenvalue weighted by Gasteiger charge is -2.10. The van der Waals surface area contributed by atoms with Gasteiger partial charge in [0, 0.05) is 12.8 Å². The summed E-state index contributed by atoms with van der Waals surface area (Å²) in [4.78, 5) is -0.246. The topological polar surface area (TPSA) is 106 Å². The van der Waals surface area contributed by atoms with E-state index in [0.29, 0.717) is 0 Å². The van der Waals surface area contributed by atoms with Crippen LogP contribution in [-0.2, 0) is 19.9 Å². The van der Waals surface area contributed by atoms with Crippen LogP contribution in [0.2, 0.25) is 10.0 Å². The van der Waals surface area contributed by atoms with Crippen LogP contribution in [0.3, 0.4) is 0 Å². The van der Waals surface area contributed by atoms with Crippen molar-refractivity contribution in [3.8, 4) is 0 Å². The maximum atomic E-state index is 11.9. The number of nitrogens with one attached hydrogen (secondary N) is 1. The first kappa shape index (κ1) is 16.5. The van der Waals surface area contributed by atoms with E-state index in [4.69, 9.17) is 28.9 Å². The predicted octanol–water partition coefficient (Wildman–Crippen LogP) is 0.899. The van der Waals surface area contributed by atoms with Crippen LogP contribution < -0.4 is 10.5 Å². The molecule has 6 nitrogen and oxygen atoms in total. The molecule has 0 radical (unpaired) electrons. The Balaban J connectivity index is 2.99. The SMILES string of the molecule is CS(=O)(=O)CCNS(=O)(=O)c1ccc(Cl)c(N)c1Cl. The van der Waals surface area contributed by atoms with Gasteiger partial charge in [0.2, 0.25) is 10.0 Å². The molecule has 108 valence electrons. The zero-order valence-electron chi connectivity index (χ0n) is 9.85. The monoisotopic (exact) mass is 346 g/mol. The highest BCUT2D eigenvalue weighted by Gasteiger charge is 2.20. The van der Waals surface area contributed by atoms with Crippen molar-refractivity contribution in [1.82, 2.24) is 4.72 Å². The number of rotatable bonds is 5. The van der Waals surface area contributed by atoms with Crippen LogP contribution in [0.5, 0.6) is 0 Å². The van der Waals surface area contributed by atoms with Crippen molar-refractivity contribution in [3.63, 3.8) is 0 Å². The molecule has 0 heterocycles. The maximum Gasteiger partial charge on any atom is 0.242 e. The molecule has 0 amide bonds. The summed E-state index contributed by atoms with van der Waals surface area (Å²) in [5, 5.41) is -0.0561. The lowest BCUT2D eigenvalue weighted by atomic mass is 10.3. The van der Waals surface area contributed by atoms with Crippen molar-refractivity contribution in [2.75, 3.05) is 24.3 Å². The molecule has 0 aliphatic heterocycles. The number of sulfone groups is 1. The molecule has 0 aliphatic rings. The lowest BCUT2D eigenvalue weighted by molar-refractivity contribution is 0.582. The highest BCUT2D eigenvalue weighted by atomic mass is 35.5. The fourth-order valence-corrected chi connectivity index (χ4v) is 3.59. The summed E-state index contributed by atoms with van der Waals surface area (Å²) in [5.74, 6) is -0.313. The molecule has 10 heteroatoms. The van der Waals surface area contributed by atoms with Crippen molar-refractivity contribution in [2.45, 2.75) is 4.90 Å². The summed E-state index contributed by atoms with van der Waals surface area (Å²) in [6.07, 6.45) is 1.01. The van der Waals surface area contributed by atoms with Gasteiger partial charge in [0.25, 0.3) is 0 Å². The zero-order valence-corrected chi connectivity index (χ0v) is 13.0. The second-order valence-corrected chi connectivity index (χ2v) is 8.58. The molecule has 0 atom stereocenters. The minimum absolute atomic E-state index is 0.0469. The van der Waals surface area contributed by atoms with E-state index in [2.05, 4.69) is 4.72 Å². The number of halogens is 2. The Labute approximate surface area is 121 Å². The third-order valence-corrected chi connectivity index (χ3v) is 5.44. The molecule has 1 aromatic carbocycles. The summed E-state index contributed by atoms with van der Waals surface area (Å²) in [6.45, 7) is -0.250. The van der Waals surface area contributed by atoms with Crippen LogP contribution >= 0.6 is 23.2 Å². The molecular formula is C9H12Cl2N2O4S2. The van der Waals surface area contributed by atoms with Crippen molar-refractivity contribution in [3.05, 3.63) is 22.2 Å². The van der Waals surface area contributed by atoms with Gasteiger partial charge in [-0.15, -0.1) is 0 Å². The van der Waals surface area contributed by atoms with Crippen molar-refractivity contribution < 1.29 is 16.8 Å².